The van der Waals surface area contributed by atoms with Crippen LogP contribution < -0.4 is 10.1 Å². The quantitative estimate of drug-likeness (QED) is 0.930. The minimum Gasteiger partial charge on any atom is -0.496 e. The molecule has 106 valence electrons. The van der Waals surface area contributed by atoms with E-state index < -0.39 is 0 Å². The van der Waals surface area contributed by atoms with Crippen LogP contribution in [0.25, 0.3) is 11.5 Å². The van der Waals surface area contributed by atoms with E-state index >= 15 is 0 Å². The summed E-state index contributed by atoms with van der Waals surface area (Å²) in [6.45, 7) is 1.02. The first-order valence-electron chi connectivity index (χ1n) is 6.69. The zero-order valence-corrected chi connectivity index (χ0v) is 12.8. The van der Waals surface area contributed by atoms with Crippen molar-refractivity contribution >= 4 is 15.9 Å². The lowest BCUT2D eigenvalue weighted by Gasteiger charge is -2.19. The fourth-order valence-corrected chi connectivity index (χ4v) is 2.91. The number of benzene rings is 1. The predicted octanol–water partition coefficient (Wildman–Crippen LogP) is 3.32. The van der Waals surface area contributed by atoms with Gasteiger partial charge in [-0.05, 0) is 53.5 Å². The second-order valence-corrected chi connectivity index (χ2v) is 5.66. The first-order chi connectivity index (χ1) is 9.78. The topological polar surface area (TPSA) is 60.2 Å². The second-order valence-electron chi connectivity index (χ2n) is 4.81. The van der Waals surface area contributed by atoms with E-state index in [1.54, 1.807) is 7.11 Å². The molecule has 0 amide bonds. The number of hydrogen-bond donors (Lipinski definition) is 1. The largest absolute Gasteiger partial charge is 0.496 e. The fourth-order valence-electron chi connectivity index (χ4n) is 2.37. The van der Waals surface area contributed by atoms with E-state index in [2.05, 4.69) is 31.4 Å². The Kier molecular flexibility index (Phi) is 4.03. The van der Waals surface area contributed by atoms with Crippen LogP contribution >= 0.6 is 15.9 Å². The van der Waals surface area contributed by atoms with Crippen molar-refractivity contribution in [2.75, 3.05) is 13.7 Å². The summed E-state index contributed by atoms with van der Waals surface area (Å²) in [5, 5.41) is 7.51. The number of nitrogens with zero attached hydrogens (tertiary/aromatic N) is 2. The molecule has 1 fully saturated rings. The lowest BCUT2D eigenvalue weighted by Crippen LogP contribution is -2.27. The summed E-state index contributed by atoms with van der Waals surface area (Å²) in [4.78, 5) is 4.50. The third kappa shape index (κ3) is 2.71. The number of piperidine rings is 1. The molecule has 0 radical (unpaired) electrons. The summed E-state index contributed by atoms with van der Waals surface area (Å²) in [7, 11) is 1.64. The molecule has 1 aromatic carbocycles. The van der Waals surface area contributed by atoms with Crippen molar-refractivity contribution in [1.82, 2.24) is 15.5 Å². The van der Waals surface area contributed by atoms with Gasteiger partial charge in [-0.2, -0.15) is 4.98 Å². The number of methoxy groups -OCH3 is 1. The lowest BCUT2D eigenvalue weighted by atomic mass is 10.0. The molecule has 1 N–H and O–H groups in total. The van der Waals surface area contributed by atoms with E-state index in [0.29, 0.717) is 5.89 Å². The molecule has 5 nitrogen and oxygen atoms in total. The van der Waals surface area contributed by atoms with Crippen LogP contribution in [0.5, 0.6) is 5.75 Å². The molecule has 0 saturated carbocycles. The maximum atomic E-state index is 5.37. The Hall–Kier alpha value is -1.40. The first kappa shape index (κ1) is 13.6. The van der Waals surface area contributed by atoms with Crippen LogP contribution in [-0.2, 0) is 0 Å². The lowest BCUT2D eigenvalue weighted by molar-refractivity contribution is 0.367. The average molecular weight is 338 g/mol. The molecular weight excluding hydrogens is 322 g/mol. The van der Waals surface area contributed by atoms with Gasteiger partial charge in [-0.15, -0.1) is 0 Å². The van der Waals surface area contributed by atoms with Crippen molar-refractivity contribution in [3.05, 3.63) is 28.5 Å². The molecule has 1 aliphatic heterocycles. The number of halogens is 1. The molecule has 1 atom stereocenters. The highest BCUT2D eigenvalue weighted by Crippen LogP contribution is 2.30. The molecule has 1 saturated heterocycles. The number of aromatic nitrogens is 2. The average Bonchev–Trinajstić information content (AvgIpc) is 2.98. The van der Waals surface area contributed by atoms with Crippen LogP contribution in [0, 0.1) is 0 Å². The van der Waals surface area contributed by atoms with E-state index in [0.717, 1.165) is 34.6 Å². The number of hydrogen-bond acceptors (Lipinski definition) is 5. The van der Waals surface area contributed by atoms with Crippen molar-refractivity contribution < 1.29 is 9.26 Å². The van der Waals surface area contributed by atoms with Crippen LogP contribution in [0.4, 0.5) is 0 Å². The van der Waals surface area contributed by atoms with E-state index in [-0.39, 0.29) is 6.04 Å². The van der Waals surface area contributed by atoms with Gasteiger partial charge in [0.1, 0.15) is 5.75 Å². The normalized spacial score (nSPS) is 19.0. The van der Waals surface area contributed by atoms with Crippen LogP contribution in [0.15, 0.2) is 27.2 Å². The van der Waals surface area contributed by atoms with Crippen molar-refractivity contribution in [3.63, 3.8) is 0 Å². The highest BCUT2D eigenvalue weighted by molar-refractivity contribution is 9.10. The summed E-state index contributed by atoms with van der Waals surface area (Å²) >= 11 is 3.46. The van der Waals surface area contributed by atoms with E-state index in [1.807, 2.05) is 18.2 Å². The molecule has 1 unspecified atom stereocenters. The Morgan fingerprint density at radius 1 is 1.40 bits per heavy atom. The summed E-state index contributed by atoms with van der Waals surface area (Å²) in [5.74, 6) is 2.06. The molecule has 1 aliphatic rings. The second kappa shape index (κ2) is 5.93. The van der Waals surface area contributed by atoms with Gasteiger partial charge in [-0.3, -0.25) is 0 Å². The van der Waals surface area contributed by atoms with E-state index in [9.17, 15) is 0 Å². The Morgan fingerprint density at radius 3 is 3.00 bits per heavy atom. The van der Waals surface area contributed by atoms with Gasteiger partial charge in [0.05, 0.1) is 17.6 Å². The Balaban J connectivity index is 1.84. The summed E-state index contributed by atoms with van der Waals surface area (Å²) in [5.41, 5.74) is 0.882. The van der Waals surface area contributed by atoms with Gasteiger partial charge in [0.25, 0.3) is 5.89 Å². The van der Waals surface area contributed by atoms with Crippen molar-refractivity contribution in [2.45, 2.75) is 25.3 Å². The Labute approximate surface area is 125 Å². The minimum atomic E-state index is 0.211. The van der Waals surface area contributed by atoms with Gasteiger partial charge < -0.3 is 14.6 Å². The number of rotatable bonds is 3. The minimum absolute atomic E-state index is 0.211. The van der Waals surface area contributed by atoms with E-state index in [4.69, 9.17) is 9.26 Å². The SMILES string of the molecule is COc1ccc(-c2nc(C3CCCCN3)no2)cc1Br. The predicted molar refractivity (Wildman–Crippen MR) is 78.6 cm³/mol. The molecule has 3 rings (SSSR count). The molecule has 1 aromatic heterocycles. The van der Waals surface area contributed by atoms with Gasteiger partial charge in [0.15, 0.2) is 5.82 Å². The molecule has 2 heterocycles. The van der Waals surface area contributed by atoms with Crippen LogP contribution in [-0.4, -0.2) is 23.8 Å². The number of nitrogens with one attached hydrogen (secondary N) is 1. The molecule has 20 heavy (non-hydrogen) atoms. The monoisotopic (exact) mass is 337 g/mol. The van der Waals surface area contributed by atoms with Crippen molar-refractivity contribution in [3.8, 4) is 17.2 Å². The zero-order chi connectivity index (χ0) is 13.9. The maximum Gasteiger partial charge on any atom is 0.258 e. The standard InChI is InChI=1S/C14H16BrN3O2/c1-19-12-6-5-9(8-10(12)15)14-17-13(18-20-14)11-4-2-3-7-16-11/h5-6,8,11,16H,2-4,7H2,1H3. The smallest absolute Gasteiger partial charge is 0.258 e. The fraction of sp³-hybridized carbons (Fsp3) is 0.429. The van der Waals surface area contributed by atoms with Gasteiger partial charge in [-0.25, -0.2) is 0 Å². The Bertz CT molecular complexity index is 594. The van der Waals surface area contributed by atoms with E-state index in [1.165, 1.54) is 12.8 Å². The molecule has 0 spiro atoms. The van der Waals surface area contributed by atoms with Gasteiger partial charge in [0.2, 0.25) is 0 Å². The van der Waals surface area contributed by atoms with Crippen molar-refractivity contribution in [1.29, 1.82) is 0 Å². The summed E-state index contributed by atoms with van der Waals surface area (Å²) < 4.78 is 11.5. The van der Waals surface area contributed by atoms with Gasteiger partial charge in [-0.1, -0.05) is 11.6 Å². The highest BCUT2D eigenvalue weighted by Gasteiger charge is 2.21. The van der Waals surface area contributed by atoms with Gasteiger partial charge in [0, 0.05) is 5.56 Å². The molecule has 2 aromatic rings. The Morgan fingerprint density at radius 2 is 2.30 bits per heavy atom. The maximum absolute atomic E-state index is 5.37. The van der Waals surface area contributed by atoms with Crippen LogP contribution in [0.1, 0.15) is 31.1 Å². The van der Waals surface area contributed by atoms with Crippen molar-refractivity contribution in [2.24, 2.45) is 0 Å². The number of ether oxygens (including phenoxy) is 1. The summed E-state index contributed by atoms with van der Waals surface area (Å²) in [6.07, 6.45) is 3.48. The molecular formula is C14H16BrN3O2. The van der Waals surface area contributed by atoms with Crippen LogP contribution in [0.3, 0.4) is 0 Å². The van der Waals surface area contributed by atoms with Crippen LogP contribution in [0.2, 0.25) is 0 Å². The zero-order valence-electron chi connectivity index (χ0n) is 11.2. The highest BCUT2D eigenvalue weighted by atomic mass is 79.9. The molecule has 0 bridgehead atoms. The van der Waals surface area contributed by atoms with Gasteiger partial charge >= 0.3 is 0 Å². The molecule has 0 aliphatic carbocycles. The summed E-state index contributed by atoms with van der Waals surface area (Å²) in [6, 6.07) is 5.92. The third-order valence-electron chi connectivity index (χ3n) is 3.46. The first-order valence-corrected chi connectivity index (χ1v) is 7.48. The molecule has 6 heteroatoms. The third-order valence-corrected chi connectivity index (χ3v) is 4.08.